The number of rotatable bonds is 16. The minimum atomic E-state index is -0.149. The Balaban J connectivity index is 0.947. The van der Waals surface area contributed by atoms with Crippen molar-refractivity contribution in [2.75, 3.05) is 0 Å². The average Bonchev–Trinajstić information content (AvgIpc) is 2.61. The maximum atomic E-state index is 2.69. The van der Waals surface area contributed by atoms with E-state index in [1.54, 1.807) is 0 Å². The van der Waals surface area contributed by atoms with Gasteiger partial charge in [0.25, 0.3) is 0 Å². The van der Waals surface area contributed by atoms with Gasteiger partial charge in [0, 0.05) is 5.41 Å². The Bertz CT molecular complexity index is 4100. The normalized spacial score (nSPS) is 12.9. The second kappa shape index (κ2) is 20.4. The van der Waals surface area contributed by atoms with Gasteiger partial charge in [0.2, 0.25) is 0 Å². The van der Waals surface area contributed by atoms with Crippen LogP contribution in [0.25, 0.3) is 144 Å². The lowest BCUT2D eigenvalue weighted by Gasteiger charge is -2.33. The van der Waals surface area contributed by atoms with Crippen molar-refractivity contribution >= 4 is 21.5 Å². The first-order valence-corrected chi connectivity index (χ1v) is 30.1. The topological polar surface area (TPSA) is 0 Å². The highest BCUT2D eigenvalue weighted by Crippen LogP contribution is 2.62. The van der Waals surface area contributed by atoms with Crippen LogP contribution in [0.3, 0.4) is 0 Å². The number of benzene rings is 12. The summed E-state index contributed by atoms with van der Waals surface area (Å²) < 4.78 is 0. The molecule has 0 radical (unpaired) electrons. The molecule has 81 heavy (non-hydrogen) atoms. The van der Waals surface area contributed by atoms with Gasteiger partial charge in [-0.3, -0.25) is 0 Å². The zero-order chi connectivity index (χ0) is 54.0. The van der Waals surface area contributed by atoms with E-state index in [2.05, 4.69) is 257 Å². The van der Waals surface area contributed by atoms with Crippen molar-refractivity contribution in [1.82, 2.24) is 0 Å². The minimum Gasteiger partial charge on any atom is -0.0654 e. The molecular formula is C81H66. The summed E-state index contributed by atoms with van der Waals surface area (Å²) in [5.74, 6) is 0. The van der Waals surface area contributed by atoms with E-state index < -0.39 is 0 Å². The molecule has 0 nitrogen and oxygen atoms in total. The first-order valence-electron chi connectivity index (χ1n) is 30.1. The summed E-state index contributed by atoms with van der Waals surface area (Å²) in [6.45, 7) is 4.71. The molecule has 0 unspecified atom stereocenters. The predicted molar refractivity (Wildman–Crippen MR) is 347 cm³/mol. The van der Waals surface area contributed by atoms with Crippen LogP contribution in [0.2, 0.25) is 0 Å². The first-order chi connectivity index (χ1) is 40.1. The number of hydrogen-bond acceptors (Lipinski definition) is 0. The molecule has 0 heterocycles. The van der Waals surface area contributed by atoms with Crippen molar-refractivity contribution in [3.8, 4) is 122 Å². The number of hydrogen-bond donors (Lipinski definition) is 0. The van der Waals surface area contributed by atoms with Gasteiger partial charge < -0.3 is 0 Å². The van der Waals surface area contributed by atoms with Crippen LogP contribution >= 0.6 is 0 Å². The van der Waals surface area contributed by atoms with E-state index in [0.717, 1.165) is 12.8 Å². The van der Waals surface area contributed by atoms with Gasteiger partial charge in [0.1, 0.15) is 0 Å². The lowest BCUT2D eigenvalue weighted by Crippen LogP contribution is -2.25. The van der Waals surface area contributed by atoms with Crippen molar-refractivity contribution in [2.45, 2.75) is 83.5 Å². The molecule has 0 saturated carbocycles. The van der Waals surface area contributed by atoms with Crippen LogP contribution in [0.15, 0.2) is 243 Å². The van der Waals surface area contributed by atoms with E-state index in [9.17, 15) is 0 Å². The van der Waals surface area contributed by atoms with Gasteiger partial charge in [-0.1, -0.05) is 296 Å². The molecule has 0 bridgehead atoms. The van der Waals surface area contributed by atoms with Gasteiger partial charge in [0.15, 0.2) is 0 Å². The second-order valence-electron chi connectivity index (χ2n) is 23.3. The molecule has 0 N–H and O–H groups in total. The summed E-state index contributed by atoms with van der Waals surface area (Å²) in [7, 11) is 0. The fourth-order valence-electron chi connectivity index (χ4n) is 15.1. The Hall–Kier alpha value is -8.84. The van der Waals surface area contributed by atoms with E-state index in [-0.39, 0.29) is 5.41 Å². The van der Waals surface area contributed by atoms with E-state index in [1.807, 2.05) is 0 Å². The van der Waals surface area contributed by atoms with Crippen LogP contribution in [0.5, 0.6) is 0 Å². The van der Waals surface area contributed by atoms with Crippen LogP contribution < -0.4 is 0 Å². The lowest BCUT2D eigenvalue weighted by molar-refractivity contribution is 0.401. The SMILES string of the molecule is CCCCCCC1(CCCCCC)c2cc(-c3ccc4cccc5c4c3-c3c(-c4ccccc4)ccc(-c4ccccc4)c3-5)ccc2-c2ccc(-c3ccc4cccc5c4c3-c3c(-c4ccccc4)ccc(-c4ccccc4)c3-5)cc21. The first kappa shape index (κ1) is 49.2. The zero-order valence-electron chi connectivity index (χ0n) is 46.7. The molecule has 0 fully saturated rings. The van der Waals surface area contributed by atoms with Gasteiger partial charge in [-0.15, -0.1) is 0 Å². The molecule has 15 rings (SSSR count). The van der Waals surface area contributed by atoms with Crippen LogP contribution in [0.4, 0.5) is 0 Å². The second-order valence-corrected chi connectivity index (χ2v) is 23.3. The molecule has 3 aliphatic rings. The third kappa shape index (κ3) is 7.93. The third-order valence-corrected chi connectivity index (χ3v) is 18.8. The lowest BCUT2D eigenvalue weighted by atomic mass is 9.69. The van der Waals surface area contributed by atoms with Gasteiger partial charge in [-0.05, 0) is 180 Å². The third-order valence-electron chi connectivity index (χ3n) is 18.8. The van der Waals surface area contributed by atoms with E-state index in [0.29, 0.717) is 0 Å². The highest BCUT2D eigenvalue weighted by atomic mass is 14.5. The molecule has 0 atom stereocenters. The van der Waals surface area contributed by atoms with Crippen LogP contribution in [-0.4, -0.2) is 0 Å². The fraction of sp³-hybridized carbons (Fsp3) is 0.160. The largest absolute Gasteiger partial charge is 0.0654 e. The summed E-state index contributed by atoms with van der Waals surface area (Å²) in [5, 5.41) is 5.32. The van der Waals surface area contributed by atoms with Crippen LogP contribution in [0, 0.1) is 0 Å². The van der Waals surface area contributed by atoms with Gasteiger partial charge in [-0.2, -0.15) is 0 Å². The van der Waals surface area contributed by atoms with Gasteiger partial charge in [-0.25, -0.2) is 0 Å². The summed E-state index contributed by atoms with van der Waals surface area (Å²) in [4.78, 5) is 0. The Morgan fingerprint density at radius 2 is 0.568 bits per heavy atom. The smallest absolute Gasteiger partial charge is 0.0215 e. The quantitative estimate of drug-likeness (QED) is 0.0846. The molecule has 0 aromatic heterocycles. The Labute approximate surface area is 478 Å². The molecule has 0 spiro atoms. The molecule has 12 aromatic rings. The summed E-state index contributed by atoms with van der Waals surface area (Å²) in [6, 6.07) is 92.8. The van der Waals surface area contributed by atoms with Crippen molar-refractivity contribution in [3.05, 3.63) is 254 Å². The molecule has 0 aliphatic heterocycles. The van der Waals surface area contributed by atoms with Gasteiger partial charge in [0.05, 0.1) is 0 Å². The Morgan fingerprint density at radius 1 is 0.235 bits per heavy atom. The maximum absolute atomic E-state index is 2.69. The van der Waals surface area contributed by atoms with Gasteiger partial charge >= 0.3 is 0 Å². The Morgan fingerprint density at radius 3 is 0.938 bits per heavy atom. The highest BCUT2D eigenvalue weighted by molar-refractivity contribution is 6.26. The highest BCUT2D eigenvalue weighted by Gasteiger charge is 2.43. The monoisotopic (exact) mass is 1040 g/mol. The summed E-state index contributed by atoms with van der Waals surface area (Å²) in [6.07, 6.45) is 12.2. The van der Waals surface area contributed by atoms with E-state index in [1.165, 1.54) is 206 Å². The summed E-state index contributed by atoms with van der Waals surface area (Å²) in [5.41, 5.74) is 31.9. The molecule has 0 heteroatoms. The molecule has 0 amide bonds. The standard InChI is InChI=1S/C81H66/c1-3-5-7-21-49-81(50-22-8-6-4-2)71-51-59(65-41-37-57-33-23-35-69-73(57)77(65)79-63(55-29-17-11-18-30-55)47-45-61(75(69)79)53-25-13-9-14-26-53)39-43-67(71)68-44-40-60(52-72(68)81)66-42-38-58-34-24-36-70-74(58)78(66)80-64(56-31-19-12-20-32-56)48-46-62(76(70)80)54-27-15-10-16-28-54/h9-20,23-48,51-52H,3-8,21-22,49-50H2,1-2H3. The molecular weight excluding hydrogens is 973 g/mol. The molecule has 3 aliphatic carbocycles. The average molecular weight is 1040 g/mol. The van der Waals surface area contributed by atoms with Crippen molar-refractivity contribution < 1.29 is 0 Å². The van der Waals surface area contributed by atoms with Crippen molar-refractivity contribution in [2.24, 2.45) is 0 Å². The predicted octanol–water partition coefficient (Wildman–Crippen LogP) is 23.5. The molecule has 12 aromatic carbocycles. The van der Waals surface area contributed by atoms with E-state index in [4.69, 9.17) is 0 Å². The van der Waals surface area contributed by atoms with E-state index >= 15 is 0 Å². The molecule has 0 saturated heterocycles. The van der Waals surface area contributed by atoms with Crippen molar-refractivity contribution in [1.29, 1.82) is 0 Å². The van der Waals surface area contributed by atoms with Crippen molar-refractivity contribution in [3.63, 3.8) is 0 Å². The Kier molecular flexibility index (Phi) is 12.4. The number of unbranched alkanes of at least 4 members (excludes halogenated alkanes) is 6. The fourth-order valence-corrected chi connectivity index (χ4v) is 15.1. The number of fused-ring (bicyclic) bond motifs is 9. The van der Waals surface area contributed by atoms with Crippen LogP contribution in [-0.2, 0) is 5.41 Å². The maximum Gasteiger partial charge on any atom is 0.0215 e. The molecule has 390 valence electrons. The zero-order valence-corrected chi connectivity index (χ0v) is 46.7. The van der Waals surface area contributed by atoms with Crippen LogP contribution in [0.1, 0.15) is 89.2 Å². The minimum absolute atomic E-state index is 0.149. The summed E-state index contributed by atoms with van der Waals surface area (Å²) >= 11 is 0.